The molecule has 3 aromatic carbocycles. The van der Waals surface area contributed by atoms with Gasteiger partial charge in [-0.1, -0.05) is 12.0 Å². The highest BCUT2D eigenvalue weighted by atomic mass is 19.1. The average Bonchev–Trinajstić information content (AvgIpc) is 2.90. The van der Waals surface area contributed by atoms with E-state index in [0.717, 1.165) is 11.3 Å². The SMILES string of the molecule is C#Cc1ccc(NC)cc1.C=O.COc1cccc(C=O)c1Nc1ccc(C(=N)N(C)C)cc1F. The third-order valence-electron chi connectivity index (χ3n) is 4.69. The number of hydrogen-bond acceptors (Lipinski definition) is 6. The van der Waals surface area contributed by atoms with Gasteiger partial charge in [0, 0.05) is 43.5 Å². The van der Waals surface area contributed by atoms with Crippen molar-refractivity contribution < 1.29 is 18.7 Å². The number of carbonyl (C=O) groups excluding carboxylic acids is 2. The van der Waals surface area contributed by atoms with Gasteiger partial charge in [-0.05, 0) is 54.6 Å². The van der Waals surface area contributed by atoms with Crippen LogP contribution < -0.4 is 15.4 Å². The third-order valence-corrected chi connectivity index (χ3v) is 4.69. The zero-order valence-electron chi connectivity index (χ0n) is 20.2. The van der Waals surface area contributed by atoms with Crippen molar-refractivity contribution >= 4 is 36.0 Å². The second-order valence-corrected chi connectivity index (χ2v) is 7.08. The summed E-state index contributed by atoms with van der Waals surface area (Å²) in [6, 6.07) is 17.2. The van der Waals surface area contributed by atoms with Crippen LogP contribution in [0.1, 0.15) is 21.5 Å². The molecule has 0 spiro atoms. The summed E-state index contributed by atoms with van der Waals surface area (Å²) in [4.78, 5) is 20.8. The largest absolute Gasteiger partial charge is 0.495 e. The number of halogens is 1. The minimum atomic E-state index is -0.517. The summed E-state index contributed by atoms with van der Waals surface area (Å²) in [7, 11) is 6.80. The van der Waals surface area contributed by atoms with Crippen LogP contribution in [0, 0.1) is 23.6 Å². The first-order chi connectivity index (χ1) is 16.8. The van der Waals surface area contributed by atoms with Crippen LogP contribution in [-0.4, -0.2) is 52.1 Å². The van der Waals surface area contributed by atoms with Crippen LogP contribution in [0.4, 0.5) is 21.5 Å². The fourth-order valence-electron chi connectivity index (χ4n) is 2.84. The molecule has 0 amide bonds. The van der Waals surface area contributed by atoms with E-state index in [1.807, 2.05) is 38.1 Å². The number of methoxy groups -OCH3 is 1. The van der Waals surface area contributed by atoms with Crippen molar-refractivity contribution in [3.8, 4) is 18.1 Å². The number of nitrogens with zero attached hydrogens (tertiary/aromatic N) is 1. The Morgan fingerprint density at radius 2 is 1.80 bits per heavy atom. The first-order valence-electron chi connectivity index (χ1n) is 10.3. The van der Waals surface area contributed by atoms with Crippen molar-refractivity contribution in [2.24, 2.45) is 0 Å². The van der Waals surface area contributed by atoms with Crippen LogP contribution in [0.15, 0.2) is 60.7 Å². The van der Waals surface area contributed by atoms with Crippen molar-refractivity contribution in [3.63, 3.8) is 0 Å². The van der Waals surface area contributed by atoms with E-state index in [0.29, 0.717) is 28.8 Å². The molecule has 0 aliphatic rings. The molecule has 182 valence electrons. The lowest BCUT2D eigenvalue weighted by Gasteiger charge is -2.16. The summed E-state index contributed by atoms with van der Waals surface area (Å²) in [5, 5.41) is 13.8. The zero-order valence-corrected chi connectivity index (χ0v) is 20.2. The second-order valence-electron chi connectivity index (χ2n) is 7.08. The van der Waals surface area contributed by atoms with E-state index < -0.39 is 5.82 Å². The van der Waals surface area contributed by atoms with Crippen molar-refractivity contribution in [2.75, 3.05) is 38.9 Å². The second kappa shape index (κ2) is 14.5. The number of para-hydroxylation sites is 1. The Labute approximate surface area is 205 Å². The number of amidine groups is 1. The molecule has 8 heteroatoms. The molecule has 0 bridgehead atoms. The summed E-state index contributed by atoms with van der Waals surface area (Å²) in [5.74, 6) is 2.69. The van der Waals surface area contributed by atoms with E-state index in [2.05, 4.69) is 16.6 Å². The Bertz CT molecular complexity index is 1170. The standard InChI is InChI=1S/C17H18FN3O2.C9H9N.CH2O/c1-21(2)17(19)11-7-8-14(13(18)9-11)20-16-12(10-22)5-4-6-15(16)23-3;1-3-8-4-6-9(10-2)7-5-8;1-2/h4-10,19-20H,1-3H3;1,4-7,10H,2H3;1H2. The van der Waals surface area contributed by atoms with Gasteiger partial charge in [-0.25, -0.2) is 4.39 Å². The Morgan fingerprint density at radius 1 is 1.14 bits per heavy atom. The summed E-state index contributed by atoms with van der Waals surface area (Å²) in [6.45, 7) is 2.00. The maximum atomic E-state index is 14.3. The molecule has 0 aliphatic carbocycles. The van der Waals surface area contributed by atoms with E-state index in [1.165, 1.54) is 19.2 Å². The predicted octanol–water partition coefficient (Wildman–Crippen LogP) is 4.80. The van der Waals surface area contributed by atoms with E-state index in [4.69, 9.17) is 21.4 Å². The highest BCUT2D eigenvalue weighted by Crippen LogP contribution is 2.31. The topological polar surface area (TPSA) is 94.5 Å². The van der Waals surface area contributed by atoms with Gasteiger partial charge in [0.25, 0.3) is 0 Å². The lowest BCUT2D eigenvalue weighted by Crippen LogP contribution is -2.21. The molecule has 7 nitrogen and oxygen atoms in total. The minimum absolute atomic E-state index is 0.202. The fourth-order valence-corrected chi connectivity index (χ4v) is 2.84. The van der Waals surface area contributed by atoms with Crippen molar-refractivity contribution in [3.05, 3.63) is 83.2 Å². The average molecular weight is 477 g/mol. The number of anilines is 3. The molecule has 0 fully saturated rings. The molecule has 3 aromatic rings. The van der Waals surface area contributed by atoms with Crippen molar-refractivity contribution in [1.29, 1.82) is 5.41 Å². The van der Waals surface area contributed by atoms with Crippen LogP contribution >= 0.6 is 0 Å². The maximum absolute atomic E-state index is 14.3. The molecule has 35 heavy (non-hydrogen) atoms. The van der Waals surface area contributed by atoms with Gasteiger partial charge in [-0.2, -0.15) is 0 Å². The molecular formula is C27H29FN4O3. The van der Waals surface area contributed by atoms with Crippen molar-refractivity contribution in [2.45, 2.75) is 0 Å². The summed E-state index contributed by atoms with van der Waals surface area (Å²) < 4.78 is 19.5. The molecule has 0 radical (unpaired) electrons. The summed E-state index contributed by atoms with van der Waals surface area (Å²) in [5.41, 5.74) is 3.44. The molecule has 0 saturated carbocycles. The summed E-state index contributed by atoms with van der Waals surface area (Å²) >= 11 is 0. The Balaban J connectivity index is 0.000000425. The molecular weight excluding hydrogens is 447 g/mol. The predicted molar refractivity (Wildman–Crippen MR) is 140 cm³/mol. The molecule has 3 rings (SSSR count). The van der Waals surface area contributed by atoms with Gasteiger partial charge < -0.3 is 25.1 Å². The number of nitrogens with one attached hydrogen (secondary N) is 3. The van der Waals surface area contributed by atoms with E-state index in [-0.39, 0.29) is 11.5 Å². The van der Waals surface area contributed by atoms with Crippen LogP contribution in [-0.2, 0) is 4.79 Å². The van der Waals surface area contributed by atoms with E-state index >= 15 is 0 Å². The Hall–Kier alpha value is -4.64. The molecule has 0 heterocycles. The minimum Gasteiger partial charge on any atom is -0.495 e. The van der Waals surface area contributed by atoms with Crippen molar-refractivity contribution in [1.82, 2.24) is 4.90 Å². The molecule has 0 aromatic heterocycles. The fraction of sp³-hybridized carbons (Fsp3) is 0.148. The number of terminal acetylenes is 1. The summed E-state index contributed by atoms with van der Waals surface area (Å²) in [6.07, 6.45) is 5.85. The first kappa shape index (κ1) is 28.4. The number of aldehydes is 1. The lowest BCUT2D eigenvalue weighted by atomic mass is 10.1. The highest BCUT2D eigenvalue weighted by molar-refractivity contribution is 5.96. The van der Waals surface area contributed by atoms with E-state index in [1.54, 1.807) is 43.3 Å². The lowest BCUT2D eigenvalue weighted by molar-refractivity contribution is -0.0980. The van der Waals surface area contributed by atoms with Crippen LogP contribution in [0.25, 0.3) is 0 Å². The highest BCUT2D eigenvalue weighted by Gasteiger charge is 2.13. The number of carbonyl (C=O) groups is 2. The monoisotopic (exact) mass is 476 g/mol. The number of rotatable bonds is 6. The third kappa shape index (κ3) is 8.02. The van der Waals surface area contributed by atoms with Crippen LogP contribution in [0.2, 0.25) is 0 Å². The molecule has 0 aliphatic heterocycles. The van der Waals surface area contributed by atoms with Crippen LogP contribution in [0.3, 0.4) is 0 Å². The van der Waals surface area contributed by atoms with Gasteiger partial charge in [0.1, 0.15) is 24.2 Å². The number of ether oxygens (including phenoxy) is 1. The number of benzene rings is 3. The quantitative estimate of drug-likeness (QED) is 0.205. The van der Waals surface area contributed by atoms with Gasteiger partial charge in [0.2, 0.25) is 0 Å². The Morgan fingerprint density at radius 3 is 2.29 bits per heavy atom. The Kier molecular flexibility index (Phi) is 11.8. The molecule has 3 N–H and O–H groups in total. The van der Waals surface area contributed by atoms with E-state index in [9.17, 15) is 9.18 Å². The van der Waals surface area contributed by atoms with Gasteiger partial charge in [-0.15, -0.1) is 6.42 Å². The number of hydrogen-bond donors (Lipinski definition) is 3. The van der Waals surface area contributed by atoms with Gasteiger partial charge >= 0.3 is 0 Å². The normalized spacial score (nSPS) is 9.14. The molecule has 0 saturated heterocycles. The smallest absolute Gasteiger partial charge is 0.152 e. The molecule has 0 atom stereocenters. The molecule has 0 unspecified atom stereocenters. The first-order valence-corrected chi connectivity index (χ1v) is 10.3. The van der Waals surface area contributed by atoms with Crippen LogP contribution in [0.5, 0.6) is 5.75 Å². The maximum Gasteiger partial charge on any atom is 0.152 e. The zero-order chi connectivity index (χ0) is 26.4. The van der Waals surface area contributed by atoms with Gasteiger partial charge in [0.05, 0.1) is 18.5 Å². The van der Waals surface area contributed by atoms with Gasteiger partial charge in [-0.3, -0.25) is 10.2 Å². The van der Waals surface area contributed by atoms with Gasteiger partial charge in [0.15, 0.2) is 6.29 Å².